The Morgan fingerprint density at radius 3 is 2.17 bits per heavy atom. The molecule has 0 aliphatic heterocycles. The zero-order valence-electron chi connectivity index (χ0n) is 8.39. The lowest BCUT2D eigenvalue weighted by molar-refractivity contribution is 0.488. The van der Waals surface area contributed by atoms with E-state index in [1.165, 1.54) is 31.0 Å². The van der Waals surface area contributed by atoms with Gasteiger partial charge in [0.2, 0.25) is 0 Å². The van der Waals surface area contributed by atoms with Crippen molar-refractivity contribution in [3.8, 4) is 5.40 Å². The normalized spacial score (nSPS) is 11.2. The number of hydrogen-bond donors (Lipinski definition) is 0. The topological polar surface area (TPSA) is 23.8 Å². The van der Waals surface area contributed by atoms with Gasteiger partial charge in [-0.1, -0.05) is 33.6 Å². The molecule has 0 aliphatic rings. The molecular formula is C10H19NS. The van der Waals surface area contributed by atoms with Crippen LogP contribution in [0.15, 0.2) is 0 Å². The number of nitrogens with zero attached hydrogens (tertiary/aromatic N) is 1. The van der Waals surface area contributed by atoms with Crippen LogP contribution in [-0.4, -0.2) is 4.75 Å². The Morgan fingerprint density at radius 2 is 1.83 bits per heavy atom. The number of hydrogen-bond acceptors (Lipinski definition) is 2. The largest absolute Gasteiger partial charge is 0.185 e. The Morgan fingerprint density at radius 1 is 1.25 bits per heavy atom. The number of unbranched alkanes of at least 4 members (excludes halogenated alkanes) is 1. The van der Waals surface area contributed by atoms with Crippen LogP contribution in [0.4, 0.5) is 0 Å². The Balaban J connectivity index is 4.06. The summed E-state index contributed by atoms with van der Waals surface area (Å²) in [5, 5.41) is 10.9. The van der Waals surface area contributed by atoms with E-state index in [2.05, 4.69) is 26.2 Å². The maximum atomic E-state index is 8.68. The number of nitriles is 1. The van der Waals surface area contributed by atoms with E-state index < -0.39 is 0 Å². The molecule has 1 nitrogen and oxygen atoms in total. The van der Waals surface area contributed by atoms with E-state index in [9.17, 15) is 0 Å². The van der Waals surface area contributed by atoms with Gasteiger partial charge in [0.15, 0.2) is 0 Å². The summed E-state index contributed by atoms with van der Waals surface area (Å²) in [5.41, 5.74) is 0. The molecule has 0 unspecified atom stereocenters. The van der Waals surface area contributed by atoms with Gasteiger partial charge >= 0.3 is 0 Å². The predicted molar refractivity (Wildman–Crippen MR) is 56.0 cm³/mol. The second kappa shape index (κ2) is 6.37. The summed E-state index contributed by atoms with van der Waals surface area (Å²) in [6.45, 7) is 6.57. The molecule has 0 saturated heterocycles. The molecular weight excluding hydrogens is 166 g/mol. The third-order valence-electron chi connectivity index (χ3n) is 2.54. The van der Waals surface area contributed by atoms with Crippen LogP contribution in [0.2, 0.25) is 0 Å². The summed E-state index contributed by atoms with van der Waals surface area (Å²) in [6, 6.07) is 0. The van der Waals surface area contributed by atoms with Crippen LogP contribution in [0.1, 0.15) is 52.9 Å². The maximum absolute atomic E-state index is 8.68. The predicted octanol–water partition coefficient (Wildman–Crippen LogP) is 3.95. The van der Waals surface area contributed by atoms with E-state index in [1.54, 1.807) is 0 Å². The fourth-order valence-electron chi connectivity index (χ4n) is 1.39. The van der Waals surface area contributed by atoms with Crippen molar-refractivity contribution in [3.63, 3.8) is 0 Å². The quantitative estimate of drug-likeness (QED) is 0.585. The average molecular weight is 185 g/mol. The first-order valence-corrected chi connectivity index (χ1v) is 5.63. The van der Waals surface area contributed by atoms with Crippen molar-refractivity contribution in [2.24, 2.45) is 0 Å². The van der Waals surface area contributed by atoms with Gasteiger partial charge in [-0.25, -0.2) is 0 Å². The minimum absolute atomic E-state index is 0.241. The first-order valence-electron chi connectivity index (χ1n) is 4.81. The third kappa shape index (κ3) is 3.49. The maximum Gasteiger partial charge on any atom is 0.133 e. The van der Waals surface area contributed by atoms with Gasteiger partial charge in [-0.15, -0.1) is 0 Å². The molecule has 0 amide bonds. The SMILES string of the molecule is CCCCC(CC)(CC)SC#N. The van der Waals surface area contributed by atoms with Crippen molar-refractivity contribution in [2.45, 2.75) is 57.6 Å². The second-order valence-corrected chi connectivity index (χ2v) is 4.44. The lowest BCUT2D eigenvalue weighted by Gasteiger charge is -2.27. The zero-order valence-corrected chi connectivity index (χ0v) is 9.21. The lowest BCUT2D eigenvalue weighted by Crippen LogP contribution is -2.21. The van der Waals surface area contributed by atoms with Crippen molar-refractivity contribution >= 4 is 11.8 Å². The van der Waals surface area contributed by atoms with Gasteiger partial charge in [0.1, 0.15) is 5.40 Å². The fourth-order valence-corrected chi connectivity index (χ4v) is 2.12. The lowest BCUT2D eigenvalue weighted by atomic mass is 9.95. The molecule has 12 heavy (non-hydrogen) atoms. The van der Waals surface area contributed by atoms with Crippen LogP contribution >= 0.6 is 11.8 Å². The molecule has 0 aromatic heterocycles. The van der Waals surface area contributed by atoms with E-state index in [1.807, 2.05) is 0 Å². The molecule has 0 fully saturated rings. The van der Waals surface area contributed by atoms with Gasteiger partial charge in [0.05, 0.1) is 0 Å². The van der Waals surface area contributed by atoms with Crippen molar-refractivity contribution in [2.75, 3.05) is 0 Å². The van der Waals surface area contributed by atoms with Gasteiger partial charge < -0.3 is 0 Å². The minimum Gasteiger partial charge on any atom is -0.185 e. The molecule has 0 spiro atoms. The molecule has 0 aliphatic carbocycles. The van der Waals surface area contributed by atoms with Gasteiger partial charge in [-0.05, 0) is 31.0 Å². The molecule has 0 saturated carbocycles. The van der Waals surface area contributed by atoms with Gasteiger partial charge in [-0.2, -0.15) is 5.26 Å². The van der Waals surface area contributed by atoms with Crippen LogP contribution in [0.25, 0.3) is 0 Å². The van der Waals surface area contributed by atoms with Crippen LogP contribution in [0, 0.1) is 10.7 Å². The molecule has 0 aromatic rings. The molecule has 0 aromatic carbocycles. The van der Waals surface area contributed by atoms with Crippen molar-refractivity contribution in [1.29, 1.82) is 5.26 Å². The second-order valence-electron chi connectivity index (χ2n) is 3.19. The van der Waals surface area contributed by atoms with Crippen molar-refractivity contribution < 1.29 is 0 Å². The summed E-state index contributed by atoms with van der Waals surface area (Å²) in [7, 11) is 0. The highest BCUT2D eigenvalue weighted by Crippen LogP contribution is 2.36. The Kier molecular flexibility index (Phi) is 6.28. The average Bonchev–Trinajstić information content (AvgIpc) is 2.13. The third-order valence-corrected chi connectivity index (χ3v) is 3.84. The van der Waals surface area contributed by atoms with E-state index in [0.29, 0.717) is 0 Å². The van der Waals surface area contributed by atoms with E-state index in [-0.39, 0.29) is 4.75 Å². The molecule has 0 radical (unpaired) electrons. The van der Waals surface area contributed by atoms with Gasteiger partial charge in [0, 0.05) is 4.75 Å². The molecule has 0 N–H and O–H groups in total. The standard InChI is InChI=1S/C10H19NS/c1-4-7-8-10(5-2,6-3)12-9-11/h4-8H2,1-3H3. The van der Waals surface area contributed by atoms with E-state index in [0.717, 1.165) is 12.8 Å². The molecule has 0 atom stereocenters. The summed E-state index contributed by atoms with van der Waals surface area (Å²) < 4.78 is 0.241. The van der Waals surface area contributed by atoms with Crippen LogP contribution in [0.3, 0.4) is 0 Å². The molecule has 0 heterocycles. The minimum atomic E-state index is 0.241. The number of thioether (sulfide) groups is 1. The first kappa shape index (κ1) is 11.8. The highest BCUT2D eigenvalue weighted by Gasteiger charge is 2.25. The zero-order chi connectivity index (χ0) is 9.45. The Labute approximate surface area is 80.5 Å². The summed E-state index contributed by atoms with van der Waals surface area (Å²) >= 11 is 1.47. The monoisotopic (exact) mass is 185 g/mol. The first-order chi connectivity index (χ1) is 5.74. The van der Waals surface area contributed by atoms with Gasteiger partial charge in [-0.3, -0.25) is 0 Å². The van der Waals surface area contributed by atoms with Crippen LogP contribution in [-0.2, 0) is 0 Å². The van der Waals surface area contributed by atoms with Crippen molar-refractivity contribution in [1.82, 2.24) is 0 Å². The van der Waals surface area contributed by atoms with Crippen LogP contribution < -0.4 is 0 Å². The van der Waals surface area contributed by atoms with Gasteiger partial charge in [0.25, 0.3) is 0 Å². The van der Waals surface area contributed by atoms with E-state index in [4.69, 9.17) is 5.26 Å². The Hall–Kier alpha value is -0.160. The smallest absolute Gasteiger partial charge is 0.133 e. The van der Waals surface area contributed by atoms with Crippen molar-refractivity contribution in [3.05, 3.63) is 0 Å². The summed E-state index contributed by atoms with van der Waals surface area (Å²) in [5.74, 6) is 0. The molecule has 70 valence electrons. The fraction of sp³-hybridized carbons (Fsp3) is 0.900. The molecule has 0 bridgehead atoms. The summed E-state index contributed by atoms with van der Waals surface area (Å²) in [4.78, 5) is 0. The number of thiocyanates is 1. The number of rotatable bonds is 6. The highest BCUT2D eigenvalue weighted by molar-refractivity contribution is 8.05. The molecule has 2 heteroatoms. The molecule has 0 rings (SSSR count). The van der Waals surface area contributed by atoms with Crippen LogP contribution in [0.5, 0.6) is 0 Å². The summed E-state index contributed by atoms with van der Waals surface area (Å²) in [6.07, 6.45) is 5.89. The highest BCUT2D eigenvalue weighted by atomic mass is 32.2. The Bertz CT molecular complexity index is 144. The van der Waals surface area contributed by atoms with E-state index >= 15 is 0 Å².